The van der Waals surface area contributed by atoms with Gasteiger partial charge in [-0.25, -0.2) is 12.8 Å². The SMILES string of the molecule is Cc1ccc(C(N)=S)cc1NS(=O)(=O)c1cccc(F)c1. The first kappa shape index (κ1) is 15.4. The number of thiocarbonyl (C=S) groups is 1. The lowest BCUT2D eigenvalue weighted by molar-refractivity contribution is 0.595. The molecule has 0 unspecified atom stereocenters. The third kappa shape index (κ3) is 3.56. The normalized spacial score (nSPS) is 11.1. The number of aryl methyl sites for hydroxylation is 1. The number of anilines is 1. The monoisotopic (exact) mass is 324 g/mol. The third-order valence-electron chi connectivity index (χ3n) is 2.87. The third-order valence-corrected chi connectivity index (χ3v) is 4.47. The smallest absolute Gasteiger partial charge is 0.262 e. The van der Waals surface area contributed by atoms with Crippen molar-refractivity contribution >= 4 is 32.9 Å². The van der Waals surface area contributed by atoms with Crippen LogP contribution in [0.3, 0.4) is 0 Å². The number of nitrogens with two attached hydrogens (primary N) is 1. The van der Waals surface area contributed by atoms with Crippen LogP contribution in [0.5, 0.6) is 0 Å². The number of sulfonamides is 1. The molecule has 7 heteroatoms. The van der Waals surface area contributed by atoms with E-state index < -0.39 is 15.8 Å². The number of nitrogens with one attached hydrogen (secondary N) is 1. The Morgan fingerprint density at radius 1 is 1.24 bits per heavy atom. The maximum absolute atomic E-state index is 13.2. The predicted octanol–water partition coefficient (Wildman–Crippen LogP) is 2.57. The van der Waals surface area contributed by atoms with Crippen molar-refractivity contribution in [1.82, 2.24) is 0 Å². The van der Waals surface area contributed by atoms with Crippen molar-refractivity contribution in [3.05, 3.63) is 59.4 Å². The molecule has 0 aliphatic heterocycles. The maximum Gasteiger partial charge on any atom is 0.262 e. The molecule has 0 spiro atoms. The number of hydrogen-bond donors (Lipinski definition) is 2. The van der Waals surface area contributed by atoms with E-state index in [0.29, 0.717) is 16.8 Å². The molecule has 2 aromatic rings. The molecular formula is C14H13FN2O2S2. The molecule has 0 saturated heterocycles. The molecule has 0 saturated carbocycles. The minimum atomic E-state index is -3.87. The molecule has 2 rings (SSSR count). The van der Waals surface area contributed by atoms with Gasteiger partial charge in [-0.3, -0.25) is 4.72 Å². The van der Waals surface area contributed by atoms with E-state index in [0.717, 1.165) is 6.07 Å². The molecule has 0 fully saturated rings. The van der Waals surface area contributed by atoms with Crippen molar-refractivity contribution in [2.24, 2.45) is 5.73 Å². The van der Waals surface area contributed by atoms with E-state index in [2.05, 4.69) is 4.72 Å². The van der Waals surface area contributed by atoms with E-state index in [1.807, 2.05) is 0 Å². The first-order valence-electron chi connectivity index (χ1n) is 5.98. The molecule has 2 aromatic carbocycles. The van der Waals surface area contributed by atoms with Crippen molar-refractivity contribution in [2.45, 2.75) is 11.8 Å². The fourth-order valence-corrected chi connectivity index (χ4v) is 3.00. The first-order chi connectivity index (χ1) is 9.79. The van der Waals surface area contributed by atoms with Gasteiger partial charge in [-0.1, -0.05) is 30.4 Å². The van der Waals surface area contributed by atoms with Gasteiger partial charge in [-0.15, -0.1) is 0 Å². The summed E-state index contributed by atoms with van der Waals surface area (Å²) in [5.74, 6) is -0.619. The standard InChI is InChI=1S/C14H13FN2O2S2/c1-9-5-6-10(14(16)20)7-13(9)17-21(18,19)12-4-2-3-11(15)8-12/h2-8,17H,1H3,(H2,16,20). The minimum Gasteiger partial charge on any atom is -0.389 e. The van der Waals surface area contributed by atoms with Crippen molar-refractivity contribution < 1.29 is 12.8 Å². The average molecular weight is 324 g/mol. The molecule has 0 aliphatic rings. The second-order valence-electron chi connectivity index (χ2n) is 4.46. The molecule has 0 radical (unpaired) electrons. The number of hydrogen-bond acceptors (Lipinski definition) is 3. The Labute approximate surface area is 127 Å². The Hall–Kier alpha value is -1.99. The average Bonchev–Trinajstić information content (AvgIpc) is 2.41. The van der Waals surface area contributed by atoms with Crippen molar-refractivity contribution in [3.8, 4) is 0 Å². The quantitative estimate of drug-likeness (QED) is 0.848. The highest BCUT2D eigenvalue weighted by Crippen LogP contribution is 2.21. The lowest BCUT2D eigenvalue weighted by Gasteiger charge is -2.12. The zero-order chi connectivity index (χ0) is 15.6. The Morgan fingerprint density at radius 2 is 1.95 bits per heavy atom. The van der Waals surface area contributed by atoms with Gasteiger partial charge in [-0.2, -0.15) is 0 Å². The minimum absolute atomic E-state index is 0.150. The van der Waals surface area contributed by atoms with Crippen LogP contribution in [0.2, 0.25) is 0 Å². The number of benzene rings is 2. The van der Waals surface area contributed by atoms with E-state index >= 15 is 0 Å². The van der Waals surface area contributed by atoms with Crippen LogP contribution in [0, 0.1) is 12.7 Å². The lowest BCUT2D eigenvalue weighted by atomic mass is 10.1. The van der Waals surface area contributed by atoms with Crippen LogP contribution in [0.4, 0.5) is 10.1 Å². The molecule has 0 aromatic heterocycles. The molecule has 21 heavy (non-hydrogen) atoms. The number of rotatable bonds is 4. The van der Waals surface area contributed by atoms with Gasteiger partial charge >= 0.3 is 0 Å². The van der Waals surface area contributed by atoms with Crippen molar-refractivity contribution in [3.63, 3.8) is 0 Å². The second-order valence-corrected chi connectivity index (χ2v) is 6.58. The summed E-state index contributed by atoms with van der Waals surface area (Å²) in [5.41, 5.74) is 7.14. The predicted molar refractivity (Wildman–Crippen MR) is 84.3 cm³/mol. The zero-order valence-electron chi connectivity index (χ0n) is 11.1. The molecule has 0 heterocycles. The van der Waals surface area contributed by atoms with Crippen molar-refractivity contribution in [2.75, 3.05) is 4.72 Å². The first-order valence-corrected chi connectivity index (χ1v) is 7.87. The Bertz CT molecular complexity index is 804. The van der Waals surface area contributed by atoms with Gasteiger partial charge in [0.15, 0.2) is 0 Å². The van der Waals surface area contributed by atoms with Crippen LogP contribution in [-0.2, 0) is 10.0 Å². The van der Waals surface area contributed by atoms with Gasteiger partial charge in [0.05, 0.1) is 10.6 Å². The van der Waals surface area contributed by atoms with Crippen LogP contribution in [0.15, 0.2) is 47.4 Å². The van der Waals surface area contributed by atoms with Crippen LogP contribution >= 0.6 is 12.2 Å². The molecule has 0 amide bonds. The van der Waals surface area contributed by atoms with E-state index in [9.17, 15) is 12.8 Å². The Balaban J connectivity index is 2.41. The zero-order valence-corrected chi connectivity index (χ0v) is 12.8. The van der Waals surface area contributed by atoms with Crippen LogP contribution in [0.25, 0.3) is 0 Å². The van der Waals surface area contributed by atoms with Crippen LogP contribution in [0.1, 0.15) is 11.1 Å². The maximum atomic E-state index is 13.2. The Kier molecular flexibility index (Phi) is 4.24. The van der Waals surface area contributed by atoms with E-state index in [1.54, 1.807) is 25.1 Å². The van der Waals surface area contributed by atoms with E-state index in [-0.39, 0.29) is 9.88 Å². The summed E-state index contributed by atoms with van der Waals surface area (Å²) in [4.78, 5) is 0.0174. The highest BCUT2D eigenvalue weighted by molar-refractivity contribution is 7.92. The van der Waals surface area contributed by atoms with Gasteiger partial charge in [0.25, 0.3) is 10.0 Å². The van der Waals surface area contributed by atoms with E-state index in [1.165, 1.54) is 18.2 Å². The van der Waals surface area contributed by atoms with E-state index in [4.69, 9.17) is 18.0 Å². The van der Waals surface area contributed by atoms with Crippen LogP contribution < -0.4 is 10.5 Å². The topological polar surface area (TPSA) is 72.2 Å². The fraction of sp³-hybridized carbons (Fsp3) is 0.0714. The highest BCUT2D eigenvalue weighted by Gasteiger charge is 2.16. The van der Waals surface area contributed by atoms with Gasteiger partial charge in [0.1, 0.15) is 10.8 Å². The fourth-order valence-electron chi connectivity index (χ4n) is 1.72. The molecule has 4 nitrogen and oxygen atoms in total. The molecule has 3 N–H and O–H groups in total. The Morgan fingerprint density at radius 3 is 2.57 bits per heavy atom. The lowest BCUT2D eigenvalue weighted by Crippen LogP contribution is -2.15. The largest absolute Gasteiger partial charge is 0.389 e. The highest BCUT2D eigenvalue weighted by atomic mass is 32.2. The van der Waals surface area contributed by atoms with Crippen molar-refractivity contribution in [1.29, 1.82) is 0 Å². The summed E-state index contributed by atoms with van der Waals surface area (Å²) in [5, 5.41) is 0. The summed E-state index contributed by atoms with van der Waals surface area (Å²) < 4.78 is 40.1. The molecule has 0 atom stereocenters. The summed E-state index contributed by atoms with van der Waals surface area (Å²) >= 11 is 4.87. The summed E-state index contributed by atoms with van der Waals surface area (Å²) in [6.07, 6.45) is 0. The molecule has 110 valence electrons. The van der Waals surface area contributed by atoms with Gasteiger partial charge in [0.2, 0.25) is 0 Å². The number of halogens is 1. The second kappa shape index (κ2) is 5.79. The summed E-state index contributed by atoms with van der Waals surface area (Å²) in [6, 6.07) is 9.75. The van der Waals surface area contributed by atoms with Gasteiger partial charge in [0, 0.05) is 5.56 Å². The molecular weight excluding hydrogens is 311 g/mol. The summed E-state index contributed by atoms with van der Waals surface area (Å²) in [7, 11) is -3.87. The van der Waals surface area contributed by atoms with Gasteiger partial charge in [-0.05, 0) is 36.8 Å². The molecule has 0 aliphatic carbocycles. The summed E-state index contributed by atoms with van der Waals surface area (Å²) in [6.45, 7) is 1.74. The molecule has 0 bridgehead atoms. The van der Waals surface area contributed by atoms with Gasteiger partial charge < -0.3 is 5.73 Å². The van der Waals surface area contributed by atoms with Crippen LogP contribution in [-0.4, -0.2) is 13.4 Å².